The molecule has 4 aliphatic carbocycles. The molecule has 0 amide bonds. The van der Waals surface area contributed by atoms with Crippen LogP contribution in [-0.2, 0) is 30.9 Å². The SMILES string of the molecule is C(=Cc1ccccc1)C=C(c1ccccc1)C1C=CC2c3ccccc3[CH-]C2C1.C1=CC2c3ccccc3[CH-]C2CC1.CCCCOC[Si].[Zr+2]. The van der Waals surface area contributed by atoms with Gasteiger partial charge in [-0.1, -0.05) is 147 Å². The van der Waals surface area contributed by atoms with E-state index < -0.39 is 0 Å². The first-order valence-corrected chi connectivity index (χ1v) is 18.9. The average Bonchev–Trinajstić information content (AvgIpc) is 3.73. The number of ether oxygens (including phenoxy) is 1. The van der Waals surface area contributed by atoms with E-state index in [1.807, 2.05) is 0 Å². The molecule has 0 bridgehead atoms. The maximum absolute atomic E-state index is 4.99. The van der Waals surface area contributed by atoms with Crippen LogP contribution < -0.4 is 0 Å². The van der Waals surface area contributed by atoms with Crippen molar-refractivity contribution < 1.29 is 30.9 Å². The predicted molar refractivity (Wildman–Crippen MR) is 209 cm³/mol. The molecule has 0 aromatic heterocycles. The smallest absolute Gasteiger partial charge is 0.386 e. The van der Waals surface area contributed by atoms with E-state index in [0.717, 1.165) is 18.9 Å². The largest absolute Gasteiger partial charge is 2.00 e. The van der Waals surface area contributed by atoms with Crippen molar-refractivity contribution in [2.75, 3.05) is 12.8 Å². The Kier molecular flexibility index (Phi) is 15.1. The number of hydrogen-bond donors (Lipinski definition) is 0. The number of rotatable bonds is 8. The zero-order chi connectivity index (χ0) is 33.7. The summed E-state index contributed by atoms with van der Waals surface area (Å²) in [7, 11) is 3.20. The first-order chi connectivity index (χ1) is 24.2. The van der Waals surface area contributed by atoms with Crippen LogP contribution in [0.3, 0.4) is 0 Å². The Hall–Kier alpha value is -3.36. The van der Waals surface area contributed by atoms with Crippen molar-refractivity contribution >= 4 is 21.9 Å². The molecule has 0 spiro atoms. The third-order valence-corrected chi connectivity index (χ3v) is 10.3. The number of benzene rings is 4. The summed E-state index contributed by atoms with van der Waals surface area (Å²) in [5.41, 5.74) is 9.84. The van der Waals surface area contributed by atoms with E-state index in [2.05, 4.69) is 182 Å². The average molecular weight is 749 g/mol. The zero-order valence-electron chi connectivity index (χ0n) is 29.3. The van der Waals surface area contributed by atoms with Crippen LogP contribution in [0, 0.1) is 30.6 Å². The second-order valence-corrected chi connectivity index (χ2v) is 13.7. The fourth-order valence-corrected chi connectivity index (χ4v) is 7.77. The second kappa shape index (κ2) is 19.9. The number of allylic oxidation sites excluding steroid dienone is 7. The second-order valence-electron chi connectivity index (χ2n) is 13.4. The van der Waals surface area contributed by atoms with Crippen molar-refractivity contribution in [2.45, 2.75) is 50.9 Å². The molecule has 0 N–H and O–H groups in total. The monoisotopic (exact) mass is 747 g/mol. The Morgan fingerprint density at radius 1 is 0.760 bits per heavy atom. The molecule has 4 aromatic carbocycles. The molecule has 0 saturated heterocycles. The molecule has 4 aliphatic rings. The summed E-state index contributed by atoms with van der Waals surface area (Å²) < 4.78 is 4.99. The van der Waals surface area contributed by atoms with E-state index in [1.54, 1.807) is 0 Å². The molecule has 4 aromatic rings. The standard InChI is InChI=1S/C29H25.C13H13.C5H11OSi.Zr/c1-3-10-22(11-4-1)12-9-17-27(23-13-5-2-6-14-23)25-18-19-29-26(21-25)20-24-15-7-8-16-28(24)29;1-3-7-12-10(5-1)9-11-6-2-4-8-13(11)12;1-2-3-4-6-5-7;/h1-20,25-26,29H,21H2;1,3-5,7-9,11,13H,2,6H2;2-5H2,1H3;/q2*-1;;+2. The number of unbranched alkanes of at least 4 members (excludes halogenated alkanes) is 1. The first-order valence-electron chi connectivity index (χ1n) is 18.2. The van der Waals surface area contributed by atoms with Gasteiger partial charge >= 0.3 is 26.2 Å². The molecular formula is C47H49OSiZr. The van der Waals surface area contributed by atoms with Crippen LogP contribution in [-0.4, -0.2) is 23.1 Å². The van der Waals surface area contributed by atoms with Gasteiger partial charge in [0.25, 0.3) is 0 Å². The molecule has 0 heterocycles. The third kappa shape index (κ3) is 9.91. The summed E-state index contributed by atoms with van der Waals surface area (Å²) >= 11 is 0. The molecule has 8 rings (SSSR count). The molecule has 0 fully saturated rings. The number of fused-ring (bicyclic) bond motifs is 6. The molecule has 50 heavy (non-hydrogen) atoms. The zero-order valence-corrected chi connectivity index (χ0v) is 32.8. The van der Waals surface area contributed by atoms with E-state index in [9.17, 15) is 0 Å². The fourth-order valence-electron chi connectivity index (χ4n) is 7.63. The van der Waals surface area contributed by atoms with Crippen LogP contribution in [0.15, 0.2) is 146 Å². The summed E-state index contributed by atoms with van der Waals surface area (Å²) in [6.07, 6.45) is 28.0. The molecule has 1 nitrogen and oxygen atoms in total. The van der Waals surface area contributed by atoms with Crippen molar-refractivity contribution in [3.05, 3.63) is 192 Å². The molecule has 3 heteroatoms. The Morgan fingerprint density at radius 3 is 2.06 bits per heavy atom. The topological polar surface area (TPSA) is 9.23 Å². The van der Waals surface area contributed by atoms with Gasteiger partial charge < -0.3 is 4.74 Å². The summed E-state index contributed by atoms with van der Waals surface area (Å²) in [5, 5.41) is 0. The van der Waals surface area contributed by atoms with Crippen LogP contribution in [0.2, 0.25) is 0 Å². The van der Waals surface area contributed by atoms with E-state index >= 15 is 0 Å². The van der Waals surface area contributed by atoms with Crippen LogP contribution in [0.1, 0.15) is 84.2 Å². The van der Waals surface area contributed by atoms with Gasteiger partial charge in [0.05, 0.1) is 10.2 Å². The van der Waals surface area contributed by atoms with Gasteiger partial charge in [0.15, 0.2) is 0 Å². The van der Waals surface area contributed by atoms with Crippen molar-refractivity contribution in [1.29, 1.82) is 0 Å². The molecule has 0 aliphatic heterocycles. The Balaban J connectivity index is 0.000000190. The molecule has 251 valence electrons. The quantitative estimate of drug-likeness (QED) is 0.0573. The minimum Gasteiger partial charge on any atom is -0.386 e. The fraction of sp³-hybridized carbons (Fsp3) is 0.277. The van der Waals surface area contributed by atoms with Gasteiger partial charge in [0, 0.05) is 18.8 Å². The van der Waals surface area contributed by atoms with E-state index in [0.29, 0.717) is 29.9 Å². The third-order valence-electron chi connectivity index (χ3n) is 10.1. The normalized spacial score (nSPS) is 22.2. The van der Waals surface area contributed by atoms with Gasteiger partial charge in [-0.05, 0) is 47.8 Å². The molecule has 3 radical (unpaired) electrons. The van der Waals surface area contributed by atoms with E-state index in [-0.39, 0.29) is 26.2 Å². The Labute approximate surface area is 324 Å². The van der Waals surface area contributed by atoms with Crippen molar-refractivity contribution in [2.24, 2.45) is 17.8 Å². The maximum atomic E-state index is 4.99. The van der Waals surface area contributed by atoms with Crippen molar-refractivity contribution in [3.8, 4) is 0 Å². The Morgan fingerprint density at radius 2 is 1.38 bits per heavy atom. The van der Waals surface area contributed by atoms with Crippen LogP contribution in [0.25, 0.3) is 11.6 Å². The van der Waals surface area contributed by atoms with Gasteiger partial charge in [-0.2, -0.15) is 36.1 Å². The minimum atomic E-state index is 0. The van der Waals surface area contributed by atoms with Gasteiger partial charge in [-0.25, -0.2) is 0 Å². The molecule has 5 atom stereocenters. The van der Waals surface area contributed by atoms with Crippen LogP contribution in [0.5, 0.6) is 0 Å². The minimum absolute atomic E-state index is 0. The number of hydrogen-bond acceptors (Lipinski definition) is 1. The van der Waals surface area contributed by atoms with Crippen LogP contribution in [0.4, 0.5) is 0 Å². The summed E-state index contributed by atoms with van der Waals surface area (Å²) in [4.78, 5) is 0. The van der Waals surface area contributed by atoms with Crippen molar-refractivity contribution in [1.82, 2.24) is 0 Å². The van der Waals surface area contributed by atoms with Gasteiger partial charge in [-0.3, -0.25) is 0 Å². The molecule has 5 unspecified atom stereocenters. The van der Waals surface area contributed by atoms with Gasteiger partial charge in [0.1, 0.15) is 0 Å². The summed E-state index contributed by atoms with van der Waals surface area (Å²) in [6.45, 7) is 3.04. The van der Waals surface area contributed by atoms with Gasteiger partial charge in [0.2, 0.25) is 0 Å². The summed E-state index contributed by atoms with van der Waals surface area (Å²) in [5.74, 6) is 3.03. The van der Waals surface area contributed by atoms with Gasteiger partial charge in [-0.15, -0.1) is 35.4 Å². The van der Waals surface area contributed by atoms with E-state index in [4.69, 9.17) is 4.74 Å². The van der Waals surface area contributed by atoms with Crippen LogP contribution >= 0.6 is 0 Å². The van der Waals surface area contributed by atoms with Crippen molar-refractivity contribution in [3.63, 3.8) is 0 Å². The Bertz CT molecular complexity index is 1720. The van der Waals surface area contributed by atoms with E-state index in [1.165, 1.54) is 64.6 Å². The molecular weight excluding hydrogens is 700 g/mol. The predicted octanol–water partition coefficient (Wildman–Crippen LogP) is 11.6. The summed E-state index contributed by atoms with van der Waals surface area (Å²) in [6, 6.07) is 39.0. The molecule has 0 saturated carbocycles. The first kappa shape index (κ1) is 37.9. The maximum Gasteiger partial charge on any atom is 2.00 e.